The maximum Gasteiger partial charge on any atom is 0.171 e. The molecule has 0 bridgehead atoms. The van der Waals surface area contributed by atoms with E-state index in [4.69, 9.17) is 5.73 Å². The van der Waals surface area contributed by atoms with E-state index in [0.717, 1.165) is 22.0 Å². The van der Waals surface area contributed by atoms with E-state index in [2.05, 4.69) is 17.2 Å². The number of nitrogens with two attached hydrogens (primary N) is 1. The summed E-state index contributed by atoms with van der Waals surface area (Å²) in [6.45, 7) is 9.71. The van der Waals surface area contributed by atoms with Crippen LogP contribution in [0.25, 0.3) is 0 Å². The van der Waals surface area contributed by atoms with Crippen molar-refractivity contribution in [3.05, 3.63) is 22.0 Å². The second-order valence-electron chi connectivity index (χ2n) is 4.18. The van der Waals surface area contributed by atoms with Crippen molar-refractivity contribution in [2.24, 2.45) is 5.73 Å². The van der Waals surface area contributed by atoms with Gasteiger partial charge in [0, 0.05) is 39.6 Å². The summed E-state index contributed by atoms with van der Waals surface area (Å²) in [4.78, 5) is 36.2. The monoisotopic (exact) mass is 513 g/mol. The van der Waals surface area contributed by atoms with Crippen LogP contribution in [-0.4, -0.2) is 27.3 Å². The smallest absolute Gasteiger partial charge is 0.171 e. The van der Waals surface area contributed by atoms with Crippen LogP contribution < -0.4 is 5.73 Å². The summed E-state index contributed by atoms with van der Waals surface area (Å²) in [5.41, 5.74) is 5.70. The van der Waals surface area contributed by atoms with Crippen molar-refractivity contribution in [1.29, 1.82) is 0 Å². The minimum atomic E-state index is -0.187. The number of carbonyl (C=O) groups is 3. The van der Waals surface area contributed by atoms with Gasteiger partial charge in [0.15, 0.2) is 5.78 Å². The number of rotatable bonds is 3. The first-order chi connectivity index (χ1) is 9.47. The van der Waals surface area contributed by atoms with Crippen LogP contribution in [-0.2, 0) is 30.7 Å². The van der Waals surface area contributed by atoms with E-state index in [1.165, 1.54) is 25.2 Å². The molecule has 0 spiro atoms. The third kappa shape index (κ3) is 17.1. The van der Waals surface area contributed by atoms with Gasteiger partial charge in [-0.1, -0.05) is 12.2 Å². The standard InChI is InChI=1S/C7H9NOS.C5H7O2.C2H5NS.W/c1-4-7(5(2)9)10-6(3)8-4;1-4(6)3-5(2)7;1-2(3)4;/h1-3H3;3H,1-2H3;1H3,(H2,3,4);/q;-1;;. The summed E-state index contributed by atoms with van der Waals surface area (Å²) in [5, 5.41) is 0.961. The number of hydrogen-bond acceptors (Lipinski definition) is 6. The van der Waals surface area contributed by atoms with Gasteiger partial charge < -0.3 is 15.3 Å². The van der Waals surface area contributed by atoms with Crippen LogP contribution in [0.5, 0.6) is 0 Å². The van der Waals surface area contributed by atoms with E-state index in [0.29, 0.717) is 4.99 Å². The summed E-state index contributed by atoms with van der Waals surface area (Å²) >= 11 is 5.78. The summed E-state index contributed by atoms with van der Waals surface area (Å²) in [7, 11) is 0. The molecule has 0 radical (unpaired) electrons. The van der Waals surface area contributed by atoms with E-state index in [1.807, 2.05) is 13.8 Å². The summed E-state index contributed by atoms with van der Waals surface area (Å²) in [6.07, 6.45) is 1.06. The van der Waals surface area contributed by atoms with Crippen LogP contribution in [0.1, 0.15) is 48.1 Å². The number of hydrogen-bond donors (Lipinski definition) is 1. The molecule has 1 aromatic rings. The minimum Gasteiger partial charge on any atom is -0.394 e. The number of thiocarbonyl (C=S) groups is 1. The van der Waals surface area contributed by atoms with E-state index >= 15 is 0 Å². The maximum atomic E-state index is 10.8. The fraction of sp³-hybridized carbons (Fsp3) is 0.429. The minimum absolute atomic E-state index is 0. The summed E-state index contributed by atoms with van der Waals surface area (Å²) < 4.78 is 0. The van der Waals surface area contributed by atoms with Crippen molar-refractivity contribution in [2.75, 3.05) is 0 Å². The molecule has 0 aliphatic rings. The van der Waals surface area contributed by atoms with Gasteiger partial charge in [-0.25, -0.2) is 4.98 Å². The largest absolute Gasteiger partial charge is 0.394 e. The number of ketones is 3. The van der Waals surface area contributed by atoms with Crippen molar-refractivity contribution in [2.45, 2.75) is 41.5 Å². The Kier molecular flexibility index (Phi) is 16.2. The van der Waals surface area contributed by atoms with Gasteiger partial charge >= 0.3 is 0 Å². The molecule has 22 heavy (non-hydrogen) atoms. The normalized spacial score (nSPS) is 8.09. The van der Waals surface area contributed by atoms with Gasteiger partial charge in [-0.2, -0.15) is 0 Å². The Morgan fingerprint density at radius 1 is 1.09 bits per heavy atom. The number of aryl methyl sites for hydroxylation is 2. The molecule has 1 rings (SSSR count). The molecule has 0 atom stereocenters. The molecule has 0 fully saturated rings. The van der Waals surface area contributed by atoms with Gasteiger partial charge in [0.1, 0.15) is 0 Å². The number of nitrogens with zero attached hydrogens (tertiary/aromatic N) is 1. The molecule has 0 aromatic carbocycles. The Hall–Kier alpha value is -0.912. The zero-order chi connectivity index (χ0) is 17.2. The van der Waals surface area contributed by atoms with E-state index in [1.54, 1.807) is 13.8 Å². The van der Waals surface area contributed by atoms with Gasteiger partial charge in [-0.05, 0) is 34.6 Å². The average molecular weight is 513 g/mol. The Morgan fingerprint density at radius 2 is 1.45 bits per heavy atom. The third-order valence-electron chi connectivity index (χ3n) is 1.63. The van der Waals surface area contributed by atoms with Crippen molar-refractivity contribution in [3.63, 3.8) is 0 Å². The molecule has 0 unspecified atom stereocenters. The molecular formula is C14H21N2O3S2W-. The zero-order valence-electron chi connectivity index (χ0n) is 13.6. The number of carbonyl (C=O) groups excluding carboxylic acids is 3. The number of aromatic nitrogens is 1. The van der Waals surface area contributed by atoms with Crippen LogP contribution in [0, 0.1) is 20.3 Å². The molecule has 2 N–H and O–H groups in total. The van der Waals surface area contributed by atoms with Crippen molar-refractivity contribution in [1.82, 2.24) is 4.98 Å². The molecule has 0 aliphatic carbocycles. The van der Waals surface area contributed by atoms with Crippen LogP contribution in [0.15, 0.2) is 0 Å². The van der Waals surface area contributed by atoms with E-state index in [9.17, 15) is 14.4 Å². The second-order valence-corrected chi connectivity index (χ2v) is 6.03. The van der Waals surface area contributed by atoms with Crippen molar-refractivity contribution >= 4 is 45.9 Å². The Morgan fingerprint density at radius 3 is 1.55 bits per heavy atom. The first kappa shape index (κ1) is 26.0. The van der Waals surface area contributed by atoms with Crippen molar-refractivity contribution < 1.29 is 35.4 Å². The van der Waals surface area contributed by atoms with Crippen LogP contribution in [0.2, 0.25) is 0 Å². The van der Waals surface area contributed by atoms with E-state index in [-0.39, 0.29) is 38.4 Å². The Labute approximate surface area is 155 Å². The molecular weight excluding hydrogens is 492 g/mol. The van der Waals surface area contributed by atoms with Gasteiger partial charge in [0.2, 0.25) is 0 Å². The molecule has 1 heterocycles. The SMILES string of the molecule is CC(=O)[CH-]C(C)=O.CC(=O)c1sc(C)nc1C.CC(N)=S.[W]. The first-order valence-corrected chi connectivity index (χ1v) is 7.26. The topological polar surface area (TPSA) is 90.1 Å². The Balaban J connectivity index is -0.000000266. The van der Waals surface area contributed by atoms with Crippen LogP contribution in [0.3, 0.4) is 0 Å². The molecule has 0 saturated heterocycles. The predicted octanol–water partition coefficient (Wildman–Crippen LogP) is 2.62. The number of thiazole rings is 1. The maximum absolute atomic E-state index is 10.8. The summed E-state index contributed by atoms with van der Waals surface area (Å²) in [5.74, 6) is -0.261. The molecule has 0 saturated carbocycles. The predicted molar refractivity (Wildman–Crippen MR) is 89.7 cm³/mol. The molecule has 1 aromatic heterocycles. The van der Waals surface area contributed by atoms with Gasteiger partial charge in [-0.3, -0.25) is 11.2 Å². The van der Waals surface area contributed by atoms with Crippen LogP contribution >= 0.6 is 23.6 Å². The van der Waals surface area contributed by atoms with Gasteiger partial charge in [0.05, 0.1) is 20.6 Å². The molecule has 124 valence electrons. The second kappa shape index (κ2) is 13.7. The first-order valence-electron chi connectivity index (χ1n) is 6.04. The fourth-order valence-corrected chi connectivity index (χ4v) is 1.96. The number of Topliss-reactive ketones (excluding diaryl/α,β-unsaturated/α-hetero) is 3. The third-order valence-corrected chi connectivity index (χ3v) is 2.80. The zero-order valence-corrected chi connectivity index (χ0v) is 18.1. The molecule has 5 nitrogen and oxygen atoms in total. The quantitative estimate of drug-likeness (QED) is 0.290. The van der Waals surface area contributed by atoms with Crippen LogP contribution in [0.4, 0.5) is 0 Å². The van der Waals surface area contributed by atoms with Gasteiger partial charge in [0.25, 0.3) is 0 Å². The average Bonchev–Trinajstić information content (AvgIpc) is 2.55. The summed E-state index contributed by atoms with van der Waals surface area (Å²) in [6, 6.07) is 0. The Bertz CT molecular complexity index is 512. The van der Waals surface area contributed by atoms with Crippen molar-refractivity contribution in [3.8, 4) is 0 Å². The van der Waals surface area contributed by atoms with E-state index < -0.39 is 0 Å². The molecule has 0 aliphatic heterocycles. The fourth-order valence-electron chi connectivity index (χ4n) is 1.14. The molecule has 8 heteroatoms. The van der Waals surface area contributed by atoms with Gasteiger partial charge in [-0.15, -0.1) is 11.3 Å². The molecule has 0 amide bonds.